The molecule has 1 unspecified atom stereocenters. The van der Waals surface area contributed by atoms with Crippen LogP contribution in [0.4, 0.5) is 5.69 Å². The summed E-state index contributed by atoms with van der Waals surface area (Å²) in [5.41, 5.74) is 3.12. The number of benzene rings is 3. The van der Waals surface area contributed by atoms with Crippen LogP contribution in [-0.2, 0) is 11.8 Å². The van der Waals surface area contributed by atoms with Gasteiger partial charge in [0.2, 0.25) is 5.72 Å². The molecule has 0 fully saturated rings. The number of ether oxygens (including phenoxy) is 1. The van der Waals surface area contributed by atoms with Gasteiger partial charge < -0.3 is 9.64 Å². The van der Waals surface area contributed by atoms with E-state index in [4.69, 9.17) is 4.74 Å². The normalized spacial score (nSPS) is 20.1. The molecule has 1 spiro atoms. The first kappa shape index (κ1) is 20.6. The van der Waals surface area contributed by atoms with Crippen molar-refractivity contribution in [3.8, 4) is 5.75 Å². The van der Waals surface area contributed by atoms with Gasteiger partial charge in [-0.3, -0.25) is 0 Å². The van der Waals surface area contributed by atoms with Gasteiger partial charge in [0.1, 0.15) is 5.75 Å². The van der Waals surface area contributed by atoms with Gasteiger partial charge >= 0.3 is 0 Å². The molecule has 0 bridgehead atoms. The third-order valence-corrected chi connectivity index (χ3v) is 8.41. The Bertz CT molecular complexity index is 1340. The number of hydrogen-bond donors (Lipinski definition) is 0. The van der Waals surface area contributed by atoms with Crippen molar-refractivity contribution >= 4 is 33.9 Å². The Morgan fingerprint density at radius 2 is 1.73 bits per heavy atom. The van der Waals surface area contributed by atoms with Crippen LogP contribution in [0.2, 0.25) is 0 Å². The molecule has 0 saturated heterocycles. The van der Waals surface area contributed by atoms with Gasteiger partial charge in [-0.05, 0) is 85.2 Å². The van der Waals surface area contributed by atoms with E-state index in [2.05, 4.69) is 109 Å². The van der Waals surface area contributed by atoms with E-state index in [0.29, 0.717) is 0 Å². The molecule has 4 aromatic rings. The third-order valence-electron chi connectivity index (χ3n) is 7.47. The lowest BCUT2D eigenvalue weighted by molar-refractivity contribution is 0.0534. The fourth-order valence-electron chi connectivity index (χ4n) is 5.67. The number of hydrogen-bond acceptors (Lipinski definition) is 3. The van der Waals surface area contributed by atoms with Gasteiger partial charge in [-0.2, -0.15) is 0 Å². The number of aryl methyl sites for hydroxylation is 1. The molecule has 0 N–H and O–H groups in total. The molecule has 0 aliphatic carbocycles. The molecule has 2 nitrogen and oxygen atoms in total. The Kier molecular flexibility index (Phi) is 4.84. The zero-order valence-corrected chi connectivity index (χ0v) is 20.1. The Labute approximate surface area is 200 Å². The summed E-state index contributed by atoms with van der Waals surface area (Å²) in [4.78, 5) is 3.99. The van der Waals surface area contributed by atoms with Crippen LogP contribution < -0.4 is 9.64 Å². The molecule has 0 amide bonds. The molecule has 0 radical (unpaired) electrons. The van der Waals surface area contributed by atoms with Crippen LogP contribution in [0.15, 0.2) is 84.3 Å². The van der Waals surface area contributed by atoms with Crippen LogP contribution in [-0.4, -0.2) is 12.3 Å². The average molecular weight is 452 g/mol. The monoisotopic (exact) mass is 451 g/mol. The molecule has 2 aliphatic heterocycles. The van der Waals surface area contributed by atoms with Crippen LogP contribution in [0.5, 0.6) is 5.75 Å². The quantitative estimate of drug-likeness (QED) is 0.287. The first-order chi connectivity index (χ1) is 16.1. The molecule has 1 atom stereocenters. The minimum absolute atomic E-state index is 0.183. The Morgan fingerprint density at radius 1 is 0.879 bits per heavy atom. The molecule has 0 saturated carbocycles. The molecule has 2 aliphatic rings. The molecule has 33 heavy (non-hydrogen) atoms. The number of para-hydroxylation sites is 1. The van der Waals surface area contributed by atoms with Gasteiger partial charge in [-0.15, -0.1) is 11.3 Å². The molecule has 1 aromatic heterocycles. The number of anilines is 1. The van der Waals surface area contributed by atoms with Crippen molar-refractivity contribution in [3.63, 3.8) is 0 Å². The molecule has 6 rings (SSSR count). The van der Waals surface area contributed by atoms with Gasteiger partial charge in [-0.1, -0.05) is 54.6 Å². The van der Waals surface area contributed by atoms with Gasteiger partial charge in [0.25, 0.3) is 0 Å². The minimum atomic E-state index is -0.533. The second-order valence-corrected chi connectivity index (χ2v) is 10.7. The van der Waals surface area contributed by atoms with E-state index >= 15 is 0 Å². The molecule has 3 heterocycles. The summed E-state index contributed by atoms with van der Waals surface area (Å²) in [5, 5.41) is 4.67. The van der Waals surface area contributed by atoms with E-state index in [1.165, 1.54) is 38.9 Å². The van der Waals surface area contributed by atoms with E-state index < -0.39 is 5.72 Å². The third kappa shape index (κ3) is 3.13. The van der Waals surface area contributed by atoms with Gasteiger partial charge in [-0.25, -0.2) is 0 Å². The summed E-state index contributed by atoms with van der Waals surface area (Å²) in [6, 6.07) is 26.1. The van der Waals surface area contributed by atoms with E-state index in [-0.39, 0.29) is 5.41 Å². The smallest absolute Gasteiger partial charge is 0.212 e. The van der Waals surface area contributed by atoms with Crippen molar-refractivity contribution < 1.29 is 4.74 Å². The Balaban J connectivity index is 1.37. The topological polar surface area (TPSA) is 12.5 Å². The highest BCUT2D eigenvalue weighted by molar-refractivity contribution is 7.09. The van der Waals surface area contributed by atoms with E-state index in [1.807, 2.05) is 11.3 Å². The lowest BCUT2D eigenvalue weighted by Crippen LogP contribution is -2.59. The second-order valence-electron chi connectivity index (χ2n) is 9.66. The van der Waals surface area contributed by atoms with Crippen molar-refractivity contribution in [2.45, 2.75) is 44.2 Å². The molecule has 3 aromatic carbocycles. The summed E-state index contributed by atoms with van der Waals surface area (Å²) >= 11 is 1.86. The van der Waals surface area contributed by atoms with Crippen molar-refractivity contribution in [1.29, 1.82) is 0 Å². The zero-order valence-electron chi connectivity index (χ0n) is 19.3. The highest BCUT2D eigenvalue weighted by Crippen LogP contribution is 2.55. The molecular formula is C30H29NOS. The Hall–Kier alpha value is -3.04. The summed E-state index contributed by atoms with van der Waals surface area (Å²) < 4.78 is 7.04. The SMILES string of the molecule is CC1(C)c2ccccc2N(CCCCc2cccs2)C12C=Cc1c(ccc3ccccc13)O2. The second kappa shape index (κ2) is 7.78. The van der Waals surface area contributed by atoms with E-state index in [0.717, 1.165) is 25.1 Å². The summed E-state index contributed by atoms with van der Waals surface area (Å²) in [6.07, 6.45) is 8.08. The lowest BCUT2D eigenvalue weighted by Gasteiger charge is -2.47. The standard InChI is InChI=1S/C30H29NOS/c1-29(2)26-14-5-6-15-27(26)31(20-8-7-11-23-12-9-21-33-23)30(29)19-18-25-24-13-4-3-10-22(24)16-17-28(25)32-30/h3-6,9-10,12-19,21H,7-8,11,20H2,1-2H3. The maximum absolute atomic E-state index is 7.04. The van der Waals surface area contributed by atoms with Crippen LogP contribution in [0.1, 0.15) is 42.7 Å². The summed E-state index contributed by atoms with van der Waals surface area (Å²) in [6.45, 7) is 5.63. The number of thiophene rings is 1. The van der Waals surface area contributed by atoms with E-state index in [1.54, 1.807) is 0 Å². The number of unbranched alkanes of at least 4 members (excludes halogenated alkanes) is 1. The minimum Gasteiger partial charge on any atom is -0.463 e. The van der Waals surface area contributed by atoms with Crippen LogP contribution in [0.3, 0.4) is 0 Å². The average Bonchev–Trinajstić information content (AvgIpc) is 3.42. The fourth-order valence-corrected chi connectivity index (χ4v) is 6.42. The lowest BCUT2D eigenvalue weighted by atomic mass is 9.76. The van der Waals surface area contributed by atoms with Crippen LogP contribution in [0.25, 0.3) is 16.8 Å². The molecule has 166 valence electrons. The number of fused-ring (bicyclic) bond motifs is 4. The zero-order chi connectivity index (χ0) is 22.5. The van der Waals surface area contributed by atoms with E-state index in [9.17, 15) is 0 Å². The predicted molar refractivity (Wildman–Crippen MR) is 140 cm³/mol. The first-order valence-electron chi connectivity index (χ1n) is 11.9. The number of rotatable bonds is 5. The van der Waals surface area contributed by atoms with Crippen molar-refractivity contribution in [2.24, 2.45) is 0 Å². The van der Waals surface area contributed by atoms with Gasteiger partial charge in [0, 0.05) is 22.7 Å². The maximum atomic E-state index is 7.04. The van der Waals surface area contributed by atoms with Gasteiger partial charge in [0.15, 0.2) is 0 Å². The Morgan fingerprint density at radius 3 is 2.61 bits per heavy atom. The summed E-state index contributed by atoms with van der Waals surface area (Å²) in [5.74, 6) is 0.973. The predicted octanol–water partition coefficient (Wildman–Crippen LogP) is 7.82. The summed E-state index contributed by atoms with van der Waals surface area (Å²) in [7, 11) is 0. The van der Waals surface area contributed by atoms with Crippen molar-refractivity contribution in [3.05, 3.63) is 100 Å². The van der Waals surface area contributed by atoms with Crippen LogP contribution >= 0.6 is 11.3 Å². The van der Waals surface area contributed by atoms with Crippen molar-refractivity contribution in [2.75, 3.05) is 11.4 Å². The van der Waals surface area contributed by atoms with Gasteiger partial charge in [0.05, 0.1) is 5.41 Å². The highest BCUT2D eigenvalue weighted by Gasteiger charge is 2.58. The van der Waals surface area contributed by atoms with Crippen molar-refractivity contribution in [1.82, 2.24) is 0 Å². The largest absolute Gasteiger partial charge is 0.463 e. The number of nitrogens with zero attached hydrogens (tertiary/aromatic N) is 1. The van der Waals surface area contributed by atoms with Crippen LogP contribution in [0, 0.1) is 0 Å². The fraction of sp³-hybridized carbons (Fsp3) is 0.267. The first-order valence-corrected chi connectivity index (χ1v) is 12.8. The molecule has 3 heteroatoms. The maximum Gasteiger partial charge on any atom is 0.212 e. The molecular weight excluding hydrogens is 422 g/mol. The highest BCUT2D eigenvalue weighted by atomic mass is 32.1.